The summed E-state index contributed by atoms with van der Waals surface area (Å²) in [5.41, 5.74) is 0. The average molecular weight is 146 g/mol. The van der Waals surface area contributed by atoms with Crippen molar-refractivity contribution in [1.82, 2.24) is 5.32 Å². The molecule has 1 aliphatic heterocycles. The molecule has 3 heteroatoms. The molecule has 0 saturated heterocycles. The summed E-state index contributed by atoms with van der Waals surface area (Å²) >= 11 is 5.49. The van der Waals surface area contributed by atoms with Crippen molar-refractivity contribution in [2.45, 2.75) is 19.4 Å². The van der Waals surface area contributed by atoms with Gasteiger partial charge in [0.2, 0.25) is 0 Å². The van der Waals surface area contributed by atoms with Gasteiger partial charge in [0.15, 0.2) is 5.78 Å². The molecule has 0 aromatic rings. The van der Waals surface area contributed by atoms with Gasteiger partial charge in [0.05, 0.1) is 6.04 Å². The maximum Gasteiger partial charge on any atom is 0.197 e. The summed E-state index contributed by atoms with van der Waals surface area (Å²) < 4.78 is 0. The quantitative estimate of drug-likeness (QED) is 0.597. The summed E-state index contributed by atoms with van der Waals surface area (Å²) in [6.07, 6.45) is 2.35. The van der Waals surface area contributed by atoms with Gasteiger partial charge >= 0.3 is 0 Å². The largest absolute Gasteiger partial charge is 0.380 e. The summed E-state index contributed by atoms with van der Waals surface area (Å²) in [5.74, 6) is 0.0131. The normalized spacial score (nSPS) is 25.8. The van der Waals surface area contributed by atoms with Crippen LogP contribution in [0.4, 0.5) is 0 Å². The van der Waals surface area contributed by atoms with Crippen LogP contribution in [0.1, 0.15) is 13.3 Å². The minimum Gasteiger partial charge on any atom is -0.380 e. The lowest BCUT2D eigenvalue weighted by molar-refractivity contribution is -0.115. The third kappa shape index (κ3) is 1.08. The molecule has 1 N–H and O–H groups in total. The Hall–Kier alpha value is -0.500. The number of carbonyl (C=O) groups excluding carboxylic acids is 1. The van der Waals surface area contributed by atoms with Gasteiger partial charge in [-0.1, -0.05) is 18.5 Å². The predicted molar refractivity (Wildman–Crippen MR) is 36.2 cm³/mol. The second-order valence-corrected chi connectivity index (χ2v) is 2.39. The molecule has 0 bridgehead atoms. The van der Waals surface area contributed by atoms with Gasteiger partial charge in [-0.2, -0.15) is 0 Å². The van der Waals surface area contributed by atoms with Crippen molar-refractivity contribution < 1.29 is 4.79 Å². The van der Waals surface area contributed by atoms with Crippen LogP contribution in [0.2, 0.25) is 0 Å². The van der Waals surface area contributed by atoms with E-state index >= 15 is 0 Å². The molecule has 1 aliphatic rings. The molecule has 0 aliphatic carbocycles. The number of nitrogens with one attached hydrogen (secondary N) is 1. The zero-order valence-electron chi connectivity index (χ0n) is 5.15. The van der Waals surface area contributed by atoms with E-state index in [1.807, 2.05) is 6.92 Å². The highest BCUT2D eigenvalue weighted by Crippen LogP contribution is 2.13. The Morgan fingerprint density at radius 2 is 2.56 bits per heavy atom. The zero-order valence-corrected chi connectivity index (χ0v) is 5.90. The SMILES string of the molecule is CCC1NC=C(Cl)C1=O. The number of hydrogen-bond acceptors (Lipinski definition) is 2. The van der Waals surface area contributed by atoms with Crippen molar-refractivity contribution in [3.8, 4) is 0 Å². The maximum atomic E-state index is 10.9. The number of Topliss-reactive ketones (excluding diaryl/α,β-unsaturated/α-hetero) is 1. The van der Waals surface area contributed by atoms with Gasteiger partial charge in [0.1, 0.15) is 5.03 Å². The van der Waals surface area contributed by atoms with Crippen LogP contribution < -0.4 is 5.32 Å². The van der Waals surface area contributed by atoms with E-state index in [1.165, 1.54) is 0 Å². The second kappa shape index (κ2) is 2.40. The highest BCUT2D eigenvalue weighted by Gasteiger charge is 2.23. The molecular weight excluding hydrogens is 138 g/mol. The lowest BCUT2D eigenvalue weighted by Crippen LogP contribution is -2.25. The molecule has 0 amide bonds. The van der Waals surface area contributed by atoms with Gasteiger partial charge in [-0.05, 0) is 6.42 Å². The van der Waals surface area contributed by atoms with E-state index in [2.05, 4.69) is 5.32 Å². The van der Waals surface area contributed by atoms with E-state index in [0.717, 1.165) is 6.42 Å². The molecule has 1 atom stereocenters. The molecule has 0 radical (unpaired) electrons. The summed E-state index contributed by atoms with van der Waals surface area (Å²) in [7, 11) is 0. The molecule has 0 spiro atoms. The Bertz CT molecular complexity index is 164. The Labute approximate surface area is 58.9 Å². The summed E-state index contributed by atoms with van der Waals surface area (Å²) in [4.78, 5) is 10.9. The Morgan fingerprint density at radius 1 is 1.89 bits per heavy atom. The standard InChI is InChI=1S/C6H8ClNO/c1-2-5-6(9)4(7)3-8-5/h3,5,8H,2H2,1H3. The van der Waals surface area contributed by atoms with E-state index < -0.39 is 0 Å². The van der Waals surface area contributed by atoms with Crippen molar-refractivity contribution in [1.29, 1.82) is 0 Å². The van der Waals surface area contributed by atoms with Crippen LogP contribution in [0.25, 0.3) is 0 Å². The molecule has 9 heavy (non-hydrogen) atoms. The lowest BCUT2D eigenvalue weighted by atomic mass is 10.2. The smallest absolute Gasteiger partial charge is 0.197 e. The van der Waals surface area contributed by atoms with Gasteiger partial charge in [0, 0.05) is 6.20 Å². The van der Waals surface area contributed by atoms with E-state index in [-0.39, 0.29) is 11.8 Å². The predicted octanol–water partition coefficient (Wildman–Crippen LogP) is 1.02. The van der Waals surface area contributed by atoms with Crippen LogP contribution in [0.3, 0.4) is 0 Å². The highest BCUT2D eigenvalue weighted by atomic mass is 35.5. The van der Waals surface area contributed by atoms with Crippen LogP contribution in [0.5, 0.6) is 0 Å². The molecule has 0 saturated carbocycles. The molecule has 0 aromatic carbocycles. The van der Waals surface area contributed by atoms with E-state index in [1.54, 1.807) is 6.20 Å². The summed E-state index contributed by atoms with van der Waals surface area (Å²) in [6.45, 7) is 1.94. The molecule has 1 rings (SSSR count). The second-order valence-electron chi connectivity index (χ2n) is 1.98. The first-order valence-electron chi connectivity index (χ1n) is 2.91. The van der Waals surface area contributed by atoms with Crippen LogP contribution in [-0.4, -0.2) is 11.8 Å². The molecule has 1 heterocycles. The van der Waals surface area contributed by atoms with Crippen molar-refractivity contribution in [2.75, 3.05) is 0 Å². The Balaban J connectivity index is 2.62. The fraction of sp³-hybridized carbons (Fsp3) is 0.500. The number of rotatable bonds is 1. The van der Waals surface area contributed by atoms with Gasteiger partial charge < -0.3 is 5.32 Å². The van der Waals surface area contributed by atoms with Crippen molar-refractivity contribution >= 4 is 17.4 Å². The number of ketones is 1. The fourth-order valence-electron chi connectivity index (χ4n) is 0.790. The summed E-state index contributed by atoms with van der Waals surface area (Å²) in [6, 6.07) is -0.0718. The summed E-state index contributed by atoms with van der Waals surface area (Å²) in [5, 5.41) is 3.18. The fourth-order valence-corrected chi connectivity index (χ4v) is 0.985. The number of halogens is 1. The molecule has 0 fully saturated rings. The van der Waals surface area contributed by atoms with Crippen molar-refractivity contribution in [3.63, 3.8) is 0 Å². The van der Waals surface area contributed by atoms with Crippen LogP contribution in [-0.2, 0) is 4.79 Å². The zero-order chi connectivity index (χ0) is 6.85. The monoisotopic (exact) mass is 145 g/mol. The van der Waals surface area contributed by atoms with Crippen molar-refractivity contribution in [3.05, 3.63) is 11.2 Å². The lowest BCUT2D eigenvalue weighted by Gasteiger charge is -2.03. The first-order chi connectivity index (χ1) is 4.25. The average Bonchev–Trinajstić information content (AvgIpc) is 2.15. The minimum atomic E-state index is -0.0718. The van der Waals surface area contributed by atoms with Gasteiger partial charge in [0.25, 0.3) is 0 Å². The van der Waals surface area contributed by atoms with Crippen molar-refractivity contribution in [2.24, 2.45) is 0 Å². The van der Waals surface area contributed by atoms with Crippen LogP contribution in [0.15, 0.2) is 11.2 Å². The first kappa shape index (κ1) is 6.62. The molecule has 2 nitrogen and oxygen atoms in total. The minimum absolute atomic E-state index is 0.0131. The van der Waals surface area contributed by atoms with Crippen LogP contribution >= 0.6 is 11.6 Å². The molecule has 50 valence electrons. The van der Waals surface area contributed by atoms with E-state index in [9.17, 15) is 4.79 Å². The van der Waals surface area contributed by atoms with Gasteiger partial charge in [-0.25, -0.2) is 0 Å². The van der Waals surface area contributed by atoms with E-state index in [4.69, 9.17) is 11.6 Å². The third-order valence-corrected chi connectivity index (χ3v) is 1.67. The first-order valence-corrected chi connectivity index (χ1v) is 3.29. The number of carbonyl (C=O) groups is 1. The molecule has 0 aromatic heterocycles. The van der Waals surface area contributed by atoms with Gasteiger partial charge in [-0.3, -0.25) is 4.79 Å². The Kier molecular flexibility index (Phi) is 1.76. The Morgan fingerprint density at radius 3 is 2.78 bits per heavy atom. The highest BCUT2D eigenvalue weighted by molar-refractivity contribution is 6.43. The molecule has 1 unspecified atom stereocenters. The third-order valence-electron chi connectivity index (χ3n) is 1.37. The number of hydrogen-bond donors (Lipinski definition) is 1. The van der Waals surface area contributed by atoms with Crippen LogP contribution in [0, 0.1) is 0 Å². The van der Waals surface area contributed by atoms with E-state index in [0.29, 0.717) is 5.03 Å². The molecular formula is C6H8ClNO. The maximum absolute atomic E-state index is 10.9. The van der Waals surface area contributed by atoms with Gasteiger partial charge in [-0.15, -0.1) is 0 Å². The topological polar surface area (TPSA) is 29.1 Å².